The standard InChI is InChI=1S/C28H24F4N2/c1-18-14-23(29)24(30)15-22(18)19(2)34(21-12-8-5-9-13-21)28-17-26(32)25(31)16-27(28)33(3)20-10-6-4-7-11-20/h4-17,19H,1-3H3. The van der Waals surface area contributed by atoms with Gasteiger partial charge in [-0.25, -0.2) is 17.6 Å². The minimum absolute atomic E-state index is 0.382. The van der Waals surface area contributed by atoms with Crippen molar-refractivity contribution >= 4 is 22.7 Å². The minimum Gasteiger partial charge on any atom is -0.343 e. The first kappa shape index (κ1) is 23.4. The number of hydrogen-bond acceptors (Lipinski definition) is 2. The molecule has 4 rings (SSSR count). The molecule has 0 fully saturated rings. The first-order valence-corrected chi connectivity index (χ1v) is 10.9. The molecule has 0 spiro atoms. The Bertz CT molecular complexity index is 1290. The lowest BCUT2D eigenvalue weighted by molar-refractivity contribution is 0.504. The Morgan fingerprint density at radius 1 is 0.618 bits per heavy atom. The van der Waals surface area contributed by atoms with E-state index < -0.39 is 29.3 Å². The van der Waals surface area contributed by atoms with Crippen LogP contribution in [-0.4, -0.2) is 7.05 Å². The number of halogens is 4. The Kier molecular flexibility index (Phi) is 6.59. The van der Waals surface area contributed by atoms with Gasteiger partial charge in [-0.05, 0) is 61.4 Å². The van der Waals surface area contributed by atoms with Crippen LogP contribution in [-0.2, 0) is 0 Å². The highest BCUT2D eigenvalue weighted by Crippen LogP contribution is 2.43. The van der Waals surface area contributed by atoms with Crippen LogP contribution < -0.4 is 9.80 Å². The Hall–Kier alpha value is -3.80. The molecule has 6 heteroatoms. The predicted molar refractivity (Wildman–Crippen MR) is 129 cm³/mol. The van der Waals surface area contributed by atoms with Gasteiger partial charge in [-0.3, -0.25) is 0 Å². The van der Waals surface area contributed by atoms with E-state index in [1.807, 2.05) is 67.6 Å². The fraction of sp³-hybridized carbons (Fsp3) is 0.143. The zero-order valence-electron chi connectivity index (χ0n) is 19.1. The van der Waals surface area contributed by atoms with Crippen LogP contribution in [0, 0.1) is 30.2 Å². The third-order valence-electron chi connectivity index (χ3n) is 5.96. The van der Waals surface area contributed by atoms with E-state index in [1.54, 1.807) is 23.8 Å². The number of nitrogens with zero attached hydrogens (tertiary/aromatic N) is 2. The highest BCUT2D eigenvalue weighted by Gasteiger charge is 2.26. The molecule has 0 aromatic heterocycles. The fourth-order valence-electron chi connectivity index (χ4n) is 4.19. The van der Waals surface area contributed by atoms with Crippen LogP contribution in [0.15, 0.2) is 84.9 Å². The zero-order chi connectivity index (χ0) is 24.4. The second-order valence-corrected chi connectivity index (χ2v) is 8.15. The molecule has 0 heterocycles. The Labute approximate surface area is 196 Å². The minimum atomic E-state index is -1.00. The van der Waals surface area contributed by atoms with E-state index in [4.69, 9.17) is 0 Å². The molecular weight excluding hydrogens is 440 g/mol. The van der Waals surface area contributed by atoms with Gasteiger partial charge in [0.2, 0.25) is 0 Å². The normalized spacial score (nSPS) is 11.9. The maximum atomic E-state index is 14.6. The van der Waals surface area contributed by atoms with Crippen molar-refractivity contribution in [1.82, 2.24) is 0 Å². The molecule has 0 aliphatic heterocycles. The quantitative estimate of drug-likeness (QED) is 0.265. The summed E-state index contributed by atoms with van der Waals surface area (Å²) in [4.78, 5) is 3.57. The highest BCUT2D eigenvalue weighted by atomic mass is 19.2. The van der Waals surface area contributed by atoms with Crippen LogP contribution >= 0.6 is 0 Å². The summed E-state index contributed by atoms with van der Waals surface area (Å²) in [6, 6.07) is 22.5. The molecule has 0 radical (unpaired) electrons. The lowest BCUT2D eigenvalue weighted by atomic mass is 9.99. The Morgan fingerprint density at radius 3 is 1.68 bits per heavy atom. The number of rotatable bonds is 6. The van der Waals surface area contributed by atoms with Crippen LogP contribution in [0.25, 0.3) is 0 Å². The second-order valence-electron chi connectivity index (χ2n) is 8.15. The SMILES string of the molecule is Cc1cc(F)c(F)cc1C(C)N(c1ccccc1)c1cc(F)c(F)cc1N(C)c1ccccc1. The van der Waals surface area contributed by atoms with Crippen molar-refractivity contribution in [1.29, 1.82) is 0 Å². The average molecular weight is 465 g/mol. The Balaban J connectivity index is 1.95. The van der Waals surface area contributed by atoms with Crippen LogP contribution in [0.3, 0.4) is 0 Å². The zero-order valence-corrected chi connectivity index (χ0v) is 19.1. The molecule has 0 aliphatic carbocycles. The van der Waals surface area contributed by atoms with Gasteiger partial charge in [-0.1, -0.05) is 36.4 Å². The van der Waals surface area contributed by atoms with Crippen molar-refractivity contribution in [3.05, 3.63) is 119 Å². The smallest absolute Gasteiger partial charge is 0.161 e. The molecule has 0 bridgehead atoms. The number of anilines is 4. The summed E-state index contributed by atoms with van der Waals surface area (Å²) in [6.45, 7) is 3.51. The third-order valence-corrected chi connectivity index (χ3v) is 5.96. The number of para-hydroxylation sites is 2. The third kappa shape index (κ3) is 4.49. The Morgan fingerprint density at radius 2 is 1.09 bits per heavy atom. The monoisotopic (exact) mass is 464 g/mol. The van der Waals surface area contributed by atoms with Gasteiger partial charge >= 0.3 is 0 Å². The van der Waals surface area contributed by atoms with Crippen molar-refractivity contribution in [2.45, 2.75) is 19.9 Å². The predicted octanol–water partition coefficient (Wildman–Crippen LogP) is 8.22. The van der Waals surface area contributed by atoms with E-state index in [2.05, 4.69) is 0 Å². The lowest BCUT2D eigenvalue weighted by Crippen LogP contribution is -2.25. The first-order valence-electron chi connectivity index (χ1n) is 10.9. The highest BCUT2D eigenvalue weighted by molar-refractivity contribution is 5.82. The maximum absolute atomic E-state index is 14.6. The molecule has 0 N–H and O–H groups in total. The van der Waals surface area contributed by atoms with Crippen molar-refractivity contribution in [3.63, 3.8) is 0 Å². The second kappa shape index (κ2) is 9.59. The molecule has 1 unspecified atom stereocenters. The summed E-state index contributed by atoms with van der Waals surface area (Å²) in [5, 5.41) is 0. The van der Waals surface area contributed by atoms with Gasteiger partial charge in [-0.15, -0.1) is 0 Å². The number of hydrogen-bond donors (Lipinski definition) is 0. The van der Waals surface area contributed by atoms with Gasteiger partial charge in [-0.2, -0.15) is 0 Å². The average Bonchev–Trinajstić information content (AvgIpc) is 2.84. The van der Waals surface area contributed by atoms with E-state index in [-0.39, 0.29) is 0 Å². The molecule has 0 aliphatic rings. The summed E-state index contributed by atoms with van der Waals surface area (Å²) in [5.74, 6) is -3.88. The van der Waals surface area contributed by atoms with Gasteiger partial charge in [0.15, 0.2) is 23.3 Å². The molecule has 1 atom stereocenters. The van der Waals surface area contributed by atoms with Crippen LogP contribution in [0.1, 0.15) is 24.1 Å². The number of aryl methyl sites for hydroxylation is 1. The van der Waals surface area contributed by atoms with Crippen LogP contribution in [0.5, 0.6) is 0 Å². The molecule has 4 aromatic rings. The van der Waals surface area contributed by atoms with E-state index in [9.17, 15) is 17.6 Å². The molecule has 0 saturated heterocycles. The maximum Gasteiger partial charge on any atom is 0.161 e. The summed E-state index contributed by atoms with van der Waals surface area (Å²) < 4.78 is 57.2. The molecule has 0 saturated carbocycles. The van der Waals surface area contributed by atoms with E-state index in [0.29, 0.717) is 28.2 Å². The van der Waals surface area contributed by atoms with Crippen molar-refractivity contribution in [2.24, 2.45) is 0 Å². The van der Waals surface area contributed by atoms with Gasteiger partial charge in [0.05, 0.1) is 17.4 Å². The van der Waals surface area contributed by atoms with Crippen molar-refractivity contribution in [2.75, 3.05) is 16.8 Å². The molecule has 0 amide bonds. The summed E-state index contributed by atoms with van der Waals surface area (Å²) in [7, 11) is 1.77. The largest absolute Gasteiger partial charge is 0.343 e. The van der Waals surface area contributed by atoms with E-state index >= 15 is 0 Å². The summed E-state index contributed by atoms with van der Waals surface area (Å²) in [6.07, 6.45) is 0. The molecule has 2 nitrogen and oxygen atoms in total. The van der Waals surface area contributed by atoms with E-state index in [0.717, 1.165) is 30.0 Å². The van der Waals surface area contributed by atoms with Crippen LogP contribution in [0.4, 0.5) is 40.3 Å². The summed E-state index contributed by atoms with van der Waals surface area (Å²) in [5.41, 5.74) is 3.34. The van der Waals surface area contributed by atoms with Gasteiger partial charge < -0.3 is 9.80 Å². The van der Waals surface area contributed by atoms with Crippen LogP contribution in [0.2, 0.25) is 0 Å². The fourth-order valence-corrected chi connectivity index (χ4v) is 4.19. The van der Waals surface area contributed by atoms with Crippen molar-refractivity contribution < 1.29 is 17.6 Å². The molecular formula is C28H24F4N2. The lowest BCUT2D eigenvalue weighted by Gasteiger charge is -2.36. The van der Waals surface area contributed by atoms with Gasteiger partial charge in [0, 0.05) is 30.6 Å². The van der Waals surface area contributed by atoms with E-state index in [1.165, 1.54) is 0 Å². The van der Waals surface area contributed by atoms with Gasteiger partial charge in [0.25, 0.3) is 0 Å². The van der Waals surface area contributed by atoms with Gasteiger partial charge in [0.1, 0.15) is 0 Å². The molecule has 34 heavy (non-hydrogen) atoms. The summed E-state index contributed by atoms with van der Waals surface area (Å²) >= 11 is 0. The first-order chi connectivity index (χ1) is 16.3. The molecule has 174 valence electrons. The topological polar surface area (TPSA) is 6.48 Å². The molecule has 4 aromatic carbocycles. The van der Waals surface area contributed by atoms with Crippen molar-refractivity contribution in [3.8, 4) is 0 Å². The number of benzene rings is 4.